The van der Waals surface area contributed by atoms with E-state index >= 15 is 0 Å². The van der Waals surface area contributed by atoms with E-state index in [0.717, 1.165) is 0 Å². The summed E-state index contributed by atoms with van der Waals surface area (Å²) in [7, 11) is 0. The smallest absolute Gasteiger partial charge is 0.410 e. The molecule has 0 aromatic rings. The first-order valence-corrected chi connectivity index (χ1v) is 7.95. The summed E-state index contributed by atoms with van der Waals surface area (Å²) in [5.41, 5.74) is -1.30. The van der Waals surface area contributed by atoms with Gasteiger partial charge in [0.25, 0.3) is 0 Å². The lowest BCUT2D eigenvalue weighted by atomic mass is 10.2. The lowest BCUT2D eigenvalue weighted by Crippen LogP contribution is -2.48. The maximum Gasteiger partial charge on any atom is 0.410 e. The van der Waals surface area contributed by atoms with Crippen LogP contribution in [0.4, 0.5) is 14.0 Å². The van der Waals surface area contributed by atoms with E-state index in [0.29, 0.717) is 6.54 Å². The number of alkyl halides is 1. The lowest BCUT2D eigenvalue weighted by molar-refractivity contribution is 0.0107. The van der Waals surface area contributed by atoms with Gasteiger partial charge in [-0.15, -0.1) is 0 Å². The first-order chi connectivity index (χ1) is 10.3. The zero-order valence-electron chi connectivity index (χ0n) is 15.2. The van der Waals surface area contributed by atoms with Gasteiger partial charge in [-0.2, -0.15) is 0 Å². The second-order valence-electron chi connectivity index (χ2n) is 7.74. The molecule has 23 heavy (non-hydrogen) atoms. The molecule has 1 rings (SSSR count). The van der Waals surface area contributed by atoms with Crippen LogP contribution in [0.25, 0.3) is 0 Å². The number of hydrogen-bond acceptors (Lipinski definition) is 4. The van der Waals surface area contributed by atoms with Gasteiger partial charge in [0.15, 0.2) is 0 Å². The van der Waals surface area contributed by atoms with E-state index in [1.54, 1.807) is 48.5 Å². The van der Waals surface area contributed by atoms with Crippen LogP contribution >= 0.6 is 0 Å². The van der Waals surface area contributed by atoms with E-state index in [9.17, 15) is 14.0 Å². The molecule has 0 spiro atoms. The minimum Gasteiger partial charge on any atom is -0.444 e. The van der Waals surface area contributed by atoms with Crippen LogP contribution in [0.3, 0.4) is 0 Å². The fraction of sp³-hybridized carbons (Fsp3) is 0.875. The summed E-state index contributed by atoms with van der Waals surface area (Å²) in [6.07, 6.45) is -2.46. The minimum atomic E-state index is -1.32. The van der Waals surface area contributed by atoms with Crippen molar-refractivity contribution in [2.75, 3.05) is 19.6 Å². The van der Waals surface area contributed by atoms with Gasteiger partial charge in [0, 0.05) is 13.1 Å². The van der Waals surface area contributed by atoms with Crippen molar-refractivity contribution in [3.05, 3.63) is 0 Å². The number of ether oxygens (including phenoxy) is 2. The molecule has 2 amide bonds. The third-order valence-electron chi connectivity index (χ3n) is 3.24. The second kappa shape index (κ2) is 6.93. The van der Waals surface area contributed by atoms with Gasteiger partial charge < -0.3 is 19.3 Å². The van der Waals surface area contributed by atoms with Gasteiger partial charge in [0.1, 0.15) is 17.4 Å². The molecule has 0 aliphatic carbocycles. The molecule has 1 saturated heterocycles. The normalized spacial score (nSPS) is 22.0. The molecule has 1 fully saturated rings. The Morgan fingerprint density at radius 3 is 2.04 bits per heavy atom. The van der Waals surface area contributed by atoms with Crippen molar-refractivity contribution >= 4 is 12.2 Å². The quantitative estimate of drug-likeness (QED) is 0.779. The van der Waals surface area contributed by atoms with E-state index < -0.39 is 35.6 Å². The van der Waals surface area contributed by atoms with Gasteiger partial charge in [-0.1, -0.05) is 0 Å². The van der Waals surface area contributed by atoms with Gasteiger partial charge >= 0.3 is 12.2 Å². The van der Waals surface area contributed by atoms with E-state index in [1.165, 1.54) is 9.80 Å². The minimum absolute atomic E-state index is 0.0844. The summed E-state index contributed by atoms with van der Waals surface area (Å²) in [6.45, 7) is 12.6. The molecular weight excluding hydrogens is 303 g/mol. The van der Waals surface area contributed by atoms with Crippen LogP contribution in [-0.2, 0) is 9.47 Å². The Morgan fingerprint density at radius 1 is 1.09 bits per heavy atom. The number of likely N-dealkylation sites (tertiary alicyclic amines) is 1. The molecule has 0 aromatic carbocycles. The van der Waals surface area contributed by atoms with Crippen molar-refractivity contribution in [3.63, 3.8) is 0 Å². The molecule has 134 valence electrons. The molecule has 0 saturated carbocycles. The van der Waals surface area contributed by atoms with Crippen LogP contribution in [0.1, 0.15) is 48.5 Å². The van der Waals surface area contributed by atoms with E-state index in [4.69, 9.17) is 9.47 Å². The zero-order valence-corrected chi connectivity index (χ0v) is 15.2. The fourth-order valence-electron chi connectivity index (χ4n) is 2.34. The Labute approximate surface area is 137 Å². The van der Waals surface area contributed by atoms with Crippen LogP contribution in [0.15, 0.2) is 0 Å². The van der Waals surface area contributed by atoms with Gasteiger partial charge in [0.2, 0.25) is 0 Å². The van der Waals surface area contributed by atoms with Crippen LogP contribution in [0.2, 0.25) is 0 Å². The number of likely N-dealkylation sites (N-methyl/N-ethyl adjacent to an activating group) is 1. The Bertz CT molecular complexity index is 442. The predicted molar refractivity (Wildman–Crippen MR) is 85.1 cm³/mol. The third kappa shape index (κ3) is 5.88. The van der Waals surface area contributed by atoms with Crippen molar-refractivity contribution in [1.29, 1.82) is 0 Å². The van der Waals surface area contributed by atoms with Crippen molar-refractivity contribution in [1.82, 2.24) is 9.80 Å². The van der Waals surface area contributed by atoms with Crippen molar-refractivity contribution < 1.29 is 23.5 Å². The first kappa shape index (κ1) is 19.5. The van der Waals surface area contributed by atoms with Crippen LogP contribution in [0.5, 0.6) is 0 Å². The standard InChI is InChI=1S/C16H29FN2O4/c1-8-19(14(21)23-16(5,6)7)12-10-18(9-11(12)17)13(20)22-15(2,3)4/h11-12H,8-10H2,1-7H3. The van der Waals surface area contributed by atoms with Crippen molar-refractivity contribution in [2.24, 2.45) is 0 Å². The molecule has 7 heteroatoms. The highest BCUT2D eigenvalue weighted by molar-refractivity contribution is 5.71. The molecule has 1 aliphatic heterocycles. The van der Waals surface area contributed by atoms with Crippen molar-refractivity contribution in [2.45, 2.75) is 71.9 Å². The number of amides is 2. The molecular formula is C16H29FN2O4. The van der Waals surface area contributed by atoms with Crippen LogP contribution in [-0.4, -0.2) is 65.0 Å². The average Bonchev–Trinajstić information content (AvgIpc) is 2.68. The van der Waals surface area contributed by atoms with Gasteiger partial charge in [-0.25, -0.2) is 14.0 Å². The number of nitrogens with zero attached hydrogens (tertiary/aromatic N) is 2. The largest absolute Gasteiger partial charge is 0.444 e. The number of carbonyl (C=O) groups excluding carboxylic acids is 2. The maximum atomic E-state index is 14.4. The lowest BCUT2D eigenvalue weighted by Gasteiger charge is -2.31. The Hall–Kier alpha value is -1.53. The number of halogens is 1. The van der Waals surface area contributed by atoms with Gasteiger partial charge in [-0.3, -0.25) is 0 Å². The summed E-state index contributed by atoms with van der Waals surface area (Å²) >= 11 is 0. The highest BCUT2D eigenvalue weighted by atomic mass is 19.1. The molecule has 6 nitrogen and oxygen atoms in total. The van der Waals surface area contributed by atoms with E-state index in [1.807, 2.05) is 0 Å². The summed E-state index contributed by atoms with van der Waals surface area (Å²) < 4.78 is 24.9. The molecule has 0 N–H and O–H groups in total. The van der Waals surface area contributed by atoms with Crippen molar-refractivity contribution in [3.8, 4) is 0 Å². The molecule has 0 bridgehead atoms. The molecule has 1 aliphatic rings. The Kier molecular flexibility index (Phi) is 5.88. The highest BCUT2D eigenvalue weighted by Crippen LogP contribution is 2.23. The topological polar surface area (TPSA) is 59.1 Å². The van der Waals surface area contributed by atoms with Crippen LogP contribution in [0, 0.1) is 0 Å². The summed E-state index contributed by atoms with van der Waals surface area (Å²) in [4.78, 5) is 26.9. The molecule has 2 unspecified atom stereocenters. The molecule has 1 heterocycles. The summed E-state index contributed by atoms with van der Waals surface area (Å²) in [5.74, 6) is 0. The van der Waals surface area contributed by atoms with Crippen LogP contribution < -0.4 is 0 Å². The molecule has 0 aromatic heterocycles. The third-order valence-corrected chi connectivity index (χ3v) is 3.24. The second-order valence-corrected chi connectivity index (χ2v) is 7.74. The number of carbonyl (C=O) groups is 2. The Morgan fingerprint density at radius 2 is 1.61 bits per heavy atom. The summed E-state index contributed by atoms with van der Waals surface area (Å²) in [6, 6.07) is -0.720. The predicted octanol–water partition coefficient (Wildman–Crippen LogP) is 3.20. The van der Waals surface area contributed by atoms with Gasteiger partial charge in [0.05, 0.1) is 12.6 Å². The van der Waals surface area contributed by atoms with E-state index in [2.05, 4.69) is 0 Å². The Balaban J connectivity index is 2.76. The van der Waals surface area contributed by atoms with Gasteiger partial charge in [-0.05, 0) is 48.5 Å². The monoisotopic (exact) mass is 332 g/mol. The highest BCUT2D eigenvalue weighted by Gasteiger charge is 2.42. The summed E-state index contributed by atoms with van der Waals surface area (Å²) in [5, 5.41) is 0. The first-order valence-electron chi connectivity index (χ1n) is 7.95. The van der Waals surface area contributed by atoms with E-state index in [-0.39, 0.29) is 13.1 Å². The fourth-order valence-corrected chi connectivity index (χ4v) is 2.34. The molecule has 0 radical (unpaired) electrons. The number of rotatable bonds is 2. The number of hydrogen-bond donors (Lipinski definition) is 0. The average molecular weight is 332 g/mol. The molecule has 2 atom stereocenters. The maximum absolute atomic E-state index is 14.4. The SMILES string of the molecule is CCN(C(=O)OC(C)(C)C)C1CN(C(=O)OC(C)(C)C)CC1F. The zero-order chi connectivity index (χ0) is 18.0.